The fourth-order valence-electron chi connectivity index (χ4n) is 1.92. The van der Waals surface area contributed by atoms with Crippen LogP contribution in [0, 0.1) is 0 Å². The Bertz CT molecular complexity index is 476. The lowest BCUT2D eigenvalue weighted by Gasteiger charge is -2.08. The predicted molar refractivity (Wildman–Crippen MR) is 64.2 cm³/mol. The van der Waals surface area contributed by atoms with Crippen molar-refractivity contribution in [2.75, 3.05) is 6.61 Å². The Morgan fingerprint density at radius 3 is 2.88 bits per heavy atom. The number of hydrogen-bond donors (Lipinski definition) is 2. The lowest BCUT2D eigenvalue weighted by Crippen LogP contribution is -2.21. The number of fused-ring (bicyclic) bond motifs is 1. The van der Waals surface area contributed by atoms with Crippen LogP contribution in [0.1, 0.15) is 12.7 Å². The molecule has 0 aliphatic carbocycles. The number of nitrogens with two attached hydrogens (primary N) is 1. The number of hydrogen-bond acceptors (Lipinski definition) is 3. The molecule has 0 amide bonds. The first-order valence-corrected chi connectivity index (χ1v) is 5.53. The topological polar surface area (TPSA) is 64.1 Å². The zero-order valence-corrected chi connectivity index (χ0v) is 9.43. The number of aliphatic hydroxyl groups is 1. The molecule has 0 saturated heterocycles. The van der Waals surface area contributed by atoms with E-state index in [4.69, 9.17) is 10.8 Å². The highest BCUT2D eigenvalue weighted by molar-refractivity contribution is 5.75. The molecule has 4 nitrogen and oxygen atoms in total. The summed E-state index contributed by atoms with van der Waals surface area (Å²) in [5.74, 6) is 0.949. The number of benzene rings is 1. The quantitative estimate of drug-likeness (QED) is 0.803. The van der Waals surface area contributed by atoms with Gasteiger partial charge in [0.1, 0.15) is 5.82 Å². The van der Waals surface area contributed by atoms with E-state index < -0.39 is 0 Å². The standard InChI is InChI=1S/C12H17N3O/c1-9(13)8-12-14-10-4-2-3-5-11(10)15(12)6-7-16/h2-5,9,16H,6-8,13H2,1H3. The molecule has 4 heteroatoms. The van der Waals surface area contributed by atoms with Crippen molar-refractivity contribution >= 4 is 11.0 Å². The van der Waals surface area contributed by atoms with Crippen molar-refractivity contribution in [2.45, 2.75) is 25.9 Å². The van der Waals surface area contributed by atoms with Gasteiger partial charge in [-0.05, 0) is 19.1 Å². The molecule has 1 unspecified atom stereocenters. The van der Waals surface area contributed by atoms with Crippen LogP contribution >= 0.6 is 0 Å². The normalized spacial score (nSPS) is 13.2. The third-order valence-corrected chi connectivity index (χ3v) is 2.56. The van der Waals surface area contributed by atoms with Crippen LogP contribution < -0.4 is 5.73 Å². The van der Waals surface area contributed by atoms with Gasteiger partial charge in [-0.1, -0.05) is 12.1 Å². The van der Waals surface area contributed by atoms with E-state index in [1.807, 2.05) is 35.8 Å². The van der Waals surface area contributed by atoms with Crippen molar-refractivity contribution in [1.29, 1.82) is 0 Å². The van der Waals surface area contributed by atoms with E-state index in [0.29, 0.717) is 6.54 Å². The molecule has 0 saturated carbocycles. The van der Waals surface area contributed by atoms with Crippen molar-refractivity contribution in [3.63, 3.8) is 0 Å². The van der Waals surface area contributed by atoms with E-state index in [1.54, 1.807) is 0 Å². The van der Waals surface area contributed by atoms with E-state index in [9.17, 15) is 0 Å². The Kier molecular flexibility index (Phi) is 3.22. The van der Waals surface area contributed by atoms with Crippen molar-refractivity contribution in [3.8, 4) is 0 Å². The summed E-state index contributed by atoms with van der Waals surface area (Å²) in [5, 5.41) is 9.08. The number of rotatable bonds is 4. The molecule has 0 bridgehead atoms. The first-order chi connectivity index (χ1) is 7.72. The van der Waals surface area contributed by atoms with Gasteiger partial charge in [0.2, 0.25) is 0 Å². The van der Waals surface area contributed by atoms with Crippen LogP contribution in [-0.2, 0) is 13.0 Å². The maximum absolute atomic E-state index is 9.08. The van der Waals surface area contributed by atoms with Crippen LogP contribution in [0.5, 0.6) is 0 Å². The summed E-state index contributed by atoms with van der Waals surface area (Å²) in [7, 11) is 0. The summed E-state index contributed by atoms with van der Waals surface area (Å²) in [6.45, 7) is 2.65. The van der Waals surface area contributed by atoms with Crippen molar-refractivity contribution in [3.05, 3.63) is 30.1 Å². The maximum atomic E-state index is 9.08. The molecule has 0 spiro atoms. The average Bonchev–Trinajstić information content (AvgIpc) is 2.57. The summed E-state index contributed by atoms with van der Waals surface area (Å²) < 4.78 is 2.04. The van der Waals surface area contributed by atoms with Crippen LogP contribution in [0.2, 0.25) is 0 Å². The third kappa shape index (κ3) is 2.08. The molecule has 0 radical (unpaired) electrons. The van der Waals surface area contributed by atoms with Crippen LogP contribution in [0.4, 0.5) is 0 Å². The Labute approximate surface area is 94.7 Å². The minimum Gasteiger partial charge on any atom is -0.395 e. The molecule has 1 atom stereocenters. The first-order valence-electron chi connectivity index (χ1n) is 5.53. The van der Waals surface area contributed by atoms with E-state index in [0.717, 1.165) is 23.3 Å². The summed E-state index contributed by atoms with van der Waals surface area (Å²) >= 11 is 0. The molecule has 2 aromatic rings. The molecule has 0 aliphatic rings. The SMILES string of the molecule is CC(N)Cc1nc2ccccc2n1CCO. The smallest absolute Gasteiger partial charge is 0.111 e. The van der Waals surface area contributed by atoms with E-state index >= 15 is 0 Å². The molecule has 3 N–H and O–H groups in total. The number of imidazole rings is 1. The monoisotopic (exact) mass is 219 g/mol. The van der Waals surface area contributed by atoms with E-state index in [1.165, 1.54) is 0 Å². The first kappa shape index (κ1) is 11.1. The zero-order valence-electron chi connectivity index (χ0n) is 9.43. The zero-order chi connectivity index (χ0) is 11.5. The van der Waals surface area contributed by atoms with Crippen molar-refractivity contribution < 1.29 is 5.11 Å². The molecule has 86 valence electrons. The van der Waals surface area contributed by atoms with Gasteiger partial charge in [-0.15, -0.1) is 0 Å². The third-order valence-electron chi connectivity index (χ3n) is 2.56. The fraction of sp³-hybridized carbons (Fsp3) is 0.417. The summed E-state index contributed by atoms with van der Waals surface area (Å²) in [6, 6.07) is 8.02. The van der Waals surface area contributed by atoms with Gasteiger partial charge in [0.25, 0.3) is 0 Å². The predicted octanol–water partition coefficient (Wildman–Crippen LogP) is 0.918. The van der Waals surface area contributed by atoms with Gasteiger partial charge >= 0.3 is 0 Å². The number of para-hydroxylation sites is 2. The molecular formula is C12H17N3O. The summed E-state index contributed by atoms with van der Waals surface area (Å²) in [6.07, 6.45) is 0.731. The Hall–Kier alpha value is -1.39. The maximum Gasteiger partial charge on any atom is 0.111 e. The Morgan fingerprint density at radius 1 is 1.44 bits per heavy atom. The fourth-order valence-corrected chi connectivity index (χ4v) is 1.92. The number of aliphatic hydroxyl groups excluding tert-OH is 1. The molecule has 0 aliphatic heterocycles. The van der Waals surface area contributed by atoms with E-state index in [-0.39, 0.29) is 12.6 Å². The summed E-state index contributed by atoms with van der Waals surface area (Å²) in [5.41, 5.74) is 7.82. The van der Waals surface area contributed by atoms with Gasteiger partial charge in [-0.3, -0.25) is 0 Å². The highest BCUT2D eigenvalue weighted by atomic mass is 16.3. The molecule has 0 fully saturated rings. The Morgan fingerprint density at radius 2 is 2.19 bits per heavy atom. The average molecular weight is 219 g/mol. The molecular weight excluding hydrogens is 202 g/mol. The lowest BCUT2D eigenvalue weighted by molar-refractivity contribution is 0.275. The minimum atomic E-state index is 0.0780. The van der Waals surface area contributed by atoms with Crippen LogP contribution in [0.3, 0.4) is 0 Å². The largest absolute Gasteiger partial charge is 0.395 e. The van der Waals surface area contributed by atoms with Gasteiger partial charge in [0.05, 0.1) is 17.6 Å². The van der Waals surface area contributed by atoms with Crippen LogP contribution in [0.25, 0.3) is 11.0 Å². The Balaban J connectivity index is 2.49. The lowest BCUT2D eigenvalue weighted by atomic mass is 10.2. The van der Waals surface area contributed by atoms with Gasteiger partial charge in [0, 0.05) is 19.0 Å². The minimum absolute atomic E-state index is 0.0780. The van der Waals surface area contributed by atoms with Gasteiger partial charge in [-0.25, -0.2) is 4.98 Å². The second kappa shape index (κ2) is 4.63. The second-order valence-corrected chi connectivity index (χ2v) is 4.07. The number of aromatic nitrogens is 2. The molecule has 16 heavy (non-hydrogen) atoms. The number of nitrogens with zero attached hydrogens (tertiary/aromatic N) is 2. The molecule has 1 heterocycles. The molecule has 2 rings (SSSR count). The molecule has 1 aromatic carbocycles. The van der Waals surface area contributed by atoms with Crippen molar-refractivity contribution in [2.24, 2.45) is 5.73 Å². The summed E-state index contributed by atoms with van der Waals surface area (Å²) in [4.78, 5) is 4.54. The highest BCUT2D eigenvalue weighted by Crippen LogP contribution is 2.16. The van der Waals surface area contributed by atoms with Crippen LogP contribution in [-0.4, -0.2) is 27.3 Å². The van der Waals surface area contributed by atoms with E-state index in [2.05, 4.69) is 4.98 Å². The van der Waals surface area contributed by atoms with Crippen LogP contribution in [0.15, 0.2) is 24.3 Å². The van der Waals surface area contributed by atoms with Gasteiger partial charge in [-0.2, -0.15) is 0 Å². The highest BCUT2D eigenvalue weighted by Gasteiger charge is 2.10. The second-order valence-electron chi connectivity index (χ2n) is 4.07. The van der Waals surface area contributed by atoms with Gasteiger partial charge in [0.15, 0.2) is 0 Å². The van der Waals surface area contributed by atoms with Gasteiger partial charge < -0.3 is 15.4 Å². The van der Waals surface area contributed by atoms with Crippen molar-refractivity contribution in [1.82, 2.24) is 9.55 Å². The molecule has 1 aromatic heterocycles.